The van der Waals surface area contributed by atoms with Crippen LogP contribution < -0.4 is 5.32 Å². The highest BCUT2D eigenvalue weighted by Gasteiger charge is 2.20. The number of benzene rings is 1. The van der Waals surface area contributed by atoms with Crippen molar-refractivity contribution >= 4 is 28.8 Å². The van der Waals surface area contributed by atoms with Gasteiger partial charge in [0, 0.05) is 17.5 Å². The first-order chi connectivity index (χ1) is 12.9. The topological polar surface area (TPSA) is 98.2 Å². The number of H-pyrrole nitrogens is 1. The molecule has 0 saturated heterocycles. The fourth-order valence-electron chi connectivity index (χ4n) is 2.39. The van der Waals surface area contributed by atoms with Crippen LogP contribution in [0.15, 0.2) is 30.5 Å². The van der Waals surface area contributed by atoms with Crippen molar-refractivity contribution in [1.29, 1.82) is 0 Å². The maximum absolute atomic E-state index is 13.6. The molecule has 4 N–H and O–H groups in total. The molecule has 3 rings (SSSR count). The first-order valence-electron chi connectivity index (χ1n) is 7.74. The minimum Gasteiger partial charge on any atom is -0.394 e. The van der Waals surface area contributed by atoms with Crippen LogP contribution in [0, 0.1) is 11.6 Å². The van der Waals surface area contributed by atoms with Gasteiger partial charge in [0.1, 0.15) is 33.4 Å². The van der Waals surface area contributed by atoms with Crippen LogP contribution in [-0.2, 0) is 6.61 Å². The van der Waals surface area contributed by atoms with Gasteiger partial charge in [0.15, 0.2) is 0 Å². The summed E-state index contributed by atoms with van der Waals surface area (Å²) in [7, 11) is 0. The standard InChI is InChI=1S/C17H14ClF2N3O3S/c18-15-10(19)3-8(4-11(15)20)12-1-2-13(22-12)16(26)23-14(7-25)17-21-5-9(6-24)27-17/h1-5,14,22,24-25H,6-7H2,(H,23,26). The third-order valence-corrected chi connectivity index (χ3v) is 5.20. The molecule has 0 aliphatic carbocycles. The number of thiazole rings is 1. The molecule has 1 amide bonds. The number of hydrogen-bond donors (Lipinski definition) is 4. The van der Waals surface area contributed by atoms with E-state index in [2.05, 4.69) is 15.3 Å². The van der Waals surface area contributed by atoms with Crippen LogP contribution in [0.3, 0.4) is 0 Å². The van der Waals surface area contributed by atoms with Gasteiger partial charge in [-0.1, -0.05) is 11.6 Å². The lowest BCUT2D eigenvalue weighted by Gasteiger charge is -2.13. The smallest absolute Gasteiger partial charge is 0.268 e. The summed E-state index contributed by atoms with van der Waals surface area (Å²) < 4.78 is 27.2. The second kappa shape index (κ2) is 8.13. The zero-order valence-corrected chi connectivity index (χ0v) is 15.2. The quantitative estimate of drug-likeness (QED) is 0.467. The van der Waals surface area contributed by atoms with Gasteiger partial charge in [-0.15, -0.1) is 11.3 Å². The van der Waals surface area contributed by atoms with Gasteiger partial charge in [0.05, 0.1) is 18.1 Å². The fourth-order valence-corrected chi connectivity index (χ4v) is 3.31. The molecule has 2 heterocycles. The number of hydrogen-bond acceptors (Lipinski definition) is 5. The molecule has 0 saturated carbocycles. The monoisotopic (exact) mass is 413 g/mol. The Morgan fingerprint density at radius 1 is 1.30 bits per heavy atom. The molecule has 0 spiro atoms. The molecule has 0 aliphatic heterocycles. The Hall–Kier alpha value is -2.33. The molecule has 1 aromatic carbocycles. The number of aliphatic hydroxyl groups is 2. The Morgan fingerprint density at radius 2 is 2.00 bits per heavy atom. The molecule has 1 atom stereocenters. The van der Waals surface area contributed by atoms with Gasteiger partial charge in [-0.25, -0.2) is 13.8 Å². The number of carbonyl (C=O) groups excluding carboxylic acids is 1. The molecule has 142 valence electrons. The van der Waals surface area contributed by atoms with E-state index in [1.54, 1.807) is 0 Å². The van der Waals surface area contributed by atoms with Crippen LogP contribution in [0.5, 0.6) is 0 Å². The number of nitrogens with one attached hydrogen (secondary N) is 2. The number of carbonyl (C=O) groups is 1. The largest absolute Gasteiger partial charge is 0.394 e. The molecular formula is C17H14ClF2N3O3S. The number of amides is 1. The number of aliphatic hydroxyl groups excluding tert-OH is 2. The second-order valence-corrected chi connectivity index (χ2v) is 7.10. The predicted octanol–water partition coefficient (Wildman–Crippen LogP) is 3.03. The van der Waals surface area contributed by atoms with Crippen LogP contribution in [0.25, 0.3) is 11.3 Å². The second-order valence-electron chi connectivity index (χ2n) is 5.57. The lowest BCUT2D eigenvalue weighted by molar-refractivity contribution is 0.0911. The maximum Gasteiger partial charge on any atom is 0.268 e. The molecule has 6 nitrogen and oxygen atoms in total. The Kier molecular flexibility index (Phi) is 5.85. The number of rotatable bonds is 6. The first kappa shape index (κ1) is 19.4. The summed E-state index contributed by atoms with van der Waals surface area (Å²) in [5.74, 6) is -2.34. The van der Waals surface area contributed by atoms with Crippen molar-refractivity contribution in [2.45, 2.75) is 12.6 Å². The van der Waals surface area contributed by atoms with E-state index in [1.165, 1.54) is 29.7 Å². The molecule has 10 heteroatoms. The summed E-state index contributed by atoms with van der Waals surface area (Å²) in [6.45, 7) is -0.566. The number of nitrogens with zero attached hydrogens (tertiary/aromatic N) is 1. The van der Waals surface area contributed by atoms with Crippen molar-refractivity contribution in [2.75, 3.05) is 6.61 Å². The van der Waals surface area contributed by atoms with Crippen LogP contribution in [-0.4, -0.2) is 32.7 Å². The lowest BCUT2D eigenvalue weighted by atomic mass is 10.1. The van der Waals surface area contributed by atoms with E-state index in [1.807, 2.05) is 0 Å². The molecule has 0 fully saturated rings. The number of halogens is 3. The summed E-state index contributed by atoms with van der Waals surface area (Å²) in [5, 5.41) is 21.1. The molecule has 27 heavy (non-hydrogen) atoms. The minimum absolute atomic E-state index is 0.137. The van der Waals surface area contributed by atoms with Crippen molar-refractivity contribution in [2.24, 2.45) is 0 Å². The van der Waals surface area contributed by atoms with E-state index in [0.717, 1.165) is 12.1 Å². The van der Waals surface area contributed by atoms with Crippen molar-refractivity contribution in [1.82, 2.24) is 15.3 Å². The number of aromatic nitrogens is 2. The van der Waals surface area contributed by atoms with E-state index in [4.69, 9.17) is 16.7 Å². The van der Waals surface area contributed by atoms with Crippen LogP contribution >= 0.6 is 22.9 Å². The molecule has 0 aliphatic rings. The van der Waals surface area contributed by atoms with E-state index in [0.29, 0.717) is 15.6 Å². The van der Waals surface area contributed by atoms with Gasteiger partial charge in [-0.2, -0.15) is 0 Å². The Balaban J connectivity index is 1.78. The Labute approximate surface area is 161 Å². The van der Waals surface area contributed by atoms with Gasteiger partial charge in [0.25, 0.3) is 5.91 Å². The maximum atomic E-state index is 13.6. The zero-order valence-electron chi connectivity index (χ0n) is 13.7. The van der Waals surface area contributed by atoms with Gasteiger partial charge in [-0.05, 0) is 24.3 Å². The van der Waals surface area contributed by atoms with Crippen molar-refractivity contribution in [3.63, 3.8) is 0 Å². The predicted molar refractivity (Wildman–Crippen MR) is 96.5 cm³/mol. The van der Waals surface area contributed by atoms with Crippen molar-refractivity contribution in [3.8, 4) is 11.3 Å². The summed E-state index contributed by atoms with van der Waals surface area (Å²) in [5.41, 5.74) is 0.657. The van der Waals surface area contributed by atoms with Gasteiger partial charge in [-0.3, -0.25) is 4.79 Å². The van der Waals surface area contributed by atoms with E-state index < -0.39 is 28.6 Å². The average molecular weight is 414 g/mol. The average Bonchev–Trinajstić information content (AvgIpc) is 3.33. The Morgan fingerprint density at radius 3 is 2.59 bits per heavy atom. The molecule has 0 bridgehead atoms. The van der Waals surface area contributed by atoms with Crippen molar-refractivity contribution < 1.29 is 23.8 Å². The van der Waals surface area contributed by atoms with E-state index in [-0.39, 0.29) is 24.5 Å². The summed E-state index contributed by atoms with van der Waals surface area (Å²) in [6.07, 6.45) is 1.46. The van der Waals surface area contributed by atoms with Gasteiger partial charge < -0.3 is 20.5 Å². The van der Waals surface area contributed by atoms with Gasteiger partial charge in [0.2, 0.25) is 0 Å². The summed E-state index contributed by atoms with van der Waals surface area (Å²) >= 11 is 6.64. The van der Waals surface area contributed by atoms with E-state index >= 15 is 0 Å². The SMILES string of the molecule is O=C(NC(CO)c1ncc(CO)s1)c1ccc(-c2cc(F)c(Cl)c(F)c2)[nH]1. The zero-order chi connectivity index (χ0) is 19.6. The molecule has 3 aromatic rings. The highest BCUT2D eigenvalue weighted by molar-refractivity contribution is 7.11. The Bertz CT molecular complexity index is 953. The van der Waals surface area contributed by atoms with Crippen LogP contribution in [0.2, 0.25) is 5.02 Å². The first-order valence-corrected chi connectivity index (χ1v) is 8.93. The minimum atomic E-state index is -0.906. The van der Waals surface area contributed by atoms with Crippen LogP contribution in [0.1, 0.15) is 26.4 Å². The van der Waals surface area contributed by atoms with E-state index in [9.17, 15) is 18.7 Å². The highest BCUT2D eigenvalue weighted by atomic mass is 35.5. The summed E-state index contributed by atoms with van der Waals surface area (Å²) in [6, 6.07) is 4.31. The fraction of sp³-hybridized carbons (Fsp3) is 0.176. The van der Waals surface area contributed by atoms with Crippen LogP contribution in [0.4, 0.5) is 8.78 Å². The van der Waals surface area contributed by atoms with Crippen molar-refractivity contribution in [3.05, 3.63) is 62.7 Å². The third kappa shape index (κ3) is 4.16. The molecule has 1 unspecified atom stereocenters. The summed E-state index contributed by atoms with van der Waals surface area (Å²) in [4.78, 5) is 19.8. The molecule has 2 aromatic heterocycles. The normalized spacial score (nSPS) is 12.2. The molecular weight excluding hydrogens is 400 g/mol. The highest BCUT2D eigenvalue weighted by Crippen LogP contribution is 2.27. The van der Waals surface area contributed by atoms with Gasteiger partial charge >= 0.3 is 0 Å². The number of aromatic amines is 1. The third-order valence-electron chi connectivity index (χ3n) is 3.74. The lowest BCUT2D eigenvalue weighted by Crippen LogP contribution is -2.30. The molecule has 0 radical (unpaired) electrons.